The zero-order valence-electron chi connectivity index (χ0n) is 10.5. The van der Waals surface area contributed by atoms with Gasteiger partial charge in [-0.25, -0.2) is 0 Å². The van der Waals surface area contributed by atoms with Crippen LogP contribution >= 0.6 is 0 Å². The molecule has 0 aliphatic heterocycles. The van der Waals surface area contributed by atoms with Gasteiger partial charge < -0.3 is 14.1 Å². The molecule has 0 amide bonds. The quantitative estimate of drug-likeness (QED) is 0.612. The van der Waals surface area contributed by atoms with Gasteiger partial charge in [0.05, 0.1) is 0 Å². The normalized spacial score (nSPS) is 12.0. The molecule has 14 heavy (non-hydrogen) atoms. The van der Waals surface area contributed by atoms with E-state index in [0.717, 1.165) is 32.7 Å². The van der Waals surface area contributed by atoms with Gasteiger partial charge in [-0.3, -0.25) is 0 Å². The molecular formula is C10H27N3Si. The summed E-state index contributed by atoms with van der Waals surface area (Å²) in [4.78, 5) is 3.68. The van der Waals surface area contributed by atoms with E-state index in [1.807, 2.05) is 0 Å². The maximum Gasteiger partial charge on any atom is 0.269 e. The third-order valence-electron chi connectivity index (χ3n) is 2.70. The largest absolute Gasteiger partial charge is 0.316 e. The lowest BCUT2D eigenvalue weighted by atomic mass is 10.7. The van der Waals surface area contributed by atoms with Gasteiger partial charge in [-0.2, -0.15) is 0 Å². The van der Waals surface area contributed by atoms with E-state index in [2.05, 4.69) is 48.7 Å². The van der Waals surface area contributed by atoms with Crippen LogP contribution in [0.3, 0.4) is 0 Å². The number of nitrogens with zero attached hydrogens (tertiary/aromatic N) is 2. The predicted molar refractivity (Wildman–Crippen MR) is 66.7 cm³/mol. The van der Waals surface area contributed by atoms with Gasteiger partial charge in [0.1, 0.15) is 0 Å². The van der Waals surface area contributed by atoms with Gasteiger partial charge in [-0.1, -0.05) is 34.6 Å². The zero-order chi connectivity index (χ0) is 11.0. The smallest absolute Gasteiger partial charge is 0.269 e. The number of rotatable bonds is 8. The second-order valence-corrected chi connectivity index (χ2v) is 5.99. The summed E-state index contributed by atoms with van der Waals surface area (Å²) in [5.41, 5.74) is 0. The van der Waals surface area contributed by atoms with Gasteiger partial charge in [0, 0.05) is 0 Å². The molecule has 0 atom stereocenters. The summed E-state index contributed by atoms with van der Waals surface area (Å²) in [6.45, 7) is 17.0. The van der Waals surface area contributed by atoms with Gasteiger partial charge in [-0.05, 0) is 32.7 Å². The summed E-state index contributed by atoms with van der Waals surface area (Å²) >= 11 is 0. The van der Waals surface area contributed by atoms with Crippen molar-refractivity contribution in [3.63, 3.8) is 0 Å². The Kier molecular flexibility index (Phi) is 8.47. The number of hydrogen-bond donors (Lipinski definition) is 1. The lowest BCUT2D eigenvalue weighted by molar-refractivity contribution is 0.366. The average molecular weight is 217 g/mol. The Morgan fingerprint density at radius 3 is 1.36 bits per heavy atom. The molecule has 0 unspecified atom stereocenters. The highest BCUT2D eigenvalue weighted by Crippen LogP contribution is 1.98. The maximum absolute atomic E-state index is 3.68. The minimum Gasteiger partial charge on any atom is -0.316 e. The molecule has 0 spiro atoms. The van der Waals surface area contributed by atoms with Crippen LogP contribution in [-0.2, 0) is 0 Å². The topological polar surface area (TPSA) is 18.5 Å². The van der Waals surface area contributed by atoms with Crippen molar-refractivity contribution in [2.24, 2.45) is 0 Å². The molecule has 0 rings (SSSR count). The second-order valence-electron chi connectivity index (χ2n) is 3.37. The van der Waals surface area contributed by atoms with Gasteiger partial charge in [0.2, 0.25) is 0 Å². The van der Waals surface area contributed by atoms with Crippen molar-refractivity contribution in [1.29, 1.82) is 0 Å². The summed E-state index contributed by atoms with van der Waals surface area (Å²) in [5.74, 6) is 0. The fraction of sp³-hybridized carbons (Fsp3) is 1.00. The fourth-order valence-electron chi connectivity index (χ4n) is 1.81. The molecule has 0 bridgehead atoms. The number of hydrogen-bond acceptors (Lipinski definition) is 3. The van der Waals surface area contributed by atoms with E-state index in [-0.39, 0.29) is 0 Å². The number of nitrogens with one attached hydrogen (secondary N) is 1. The predicted octanol–water partition coefficient (Wildman–Crippen LogP) is 0.997. The molecule has 86 valence electrons. The SMILES string of the molecule is CCN[SiH](N(CC)CC)N(CC)CC. The van der Waals surface area contributed by atoms with Crippen molar-refractivity contribution in [1.82, 2.24) is 14.1 Å². The molecule has 0 fully saturated rings. The Bertz CT molecular complexity index is 113. The Balaban J connectivity index is 4.36. The average Bonchev–Trinajstić information content (AvgIpc) is 2.21. The molecule has 0 aliphatic carbocycles. The van der Waals surface area contributed by atoms with Crippen molar-refractivity contribution in [3.05, 3.63) is 0 Å². The minimum atomic E-state index is -1.05. The third-order valence-corrected chi connectivity index (χ3v) is 6.32. The highest BCUT2D eigenvalue weighted by molar-refractivity contribution is 6.49. The van der Waals surface area contributed by atoms with Gasteiger partial charge in [0.15, 0.2) is 0 Å². The zero-order valence-corrected chi connectivity index (χ0v) is 11.7. The van der Waals surface area contributed by atoms with Crippen LogP contribution in [0.4, 0.5) is 0 Å². The van der Waals surface area contributed by atoms with Gasteiger partial charge >= 0.3 is 0 Å². The molecule has 0 saturated heterocycles. The summed E-state index contributed by atoms with van der Waals surface area (Å²) < 4.78 is 5.19. The third kappa shape index (κ3) is 4.08. The Morgan fingerprint density at radius 2 is 1.14 bits per heavy atom. The van der Waals surface area contributed by atoms with Crippen LogP contribution in [0, 0.1) is 0 Å². The van der Waals surface area contributed by atoms with Crippen LogP contribution < -0.4 is 4.98 Å². The van der Waals surface area contributed by atoms with E-state index in [9.17, 15) is 0 Å². The molecule has 0 heterocycles. The van der Waals surface area contributed by atoms with Crippen molar-refractivity contribution in [2.75, 3.05) is 32.7 Å². The van der Waals surface area contributed by atoms with Crippen molar-refractivity contribution in [2.45, 2.75) is 34.6 Å². The highest BCUT2D eigenvalue weighted by atomic mass is 28.3. The fourth-order valence-corrected chi connectivity index (χ4v) is 4.54. The van der Waals surface area contributed by atoms with Crippen LogP contribution in [0.15, 0.2) is 0 Å². The molecule has 4 heteroatoms. The standard InChI is InChI=1S/C10H27N3Si/c1-6-11-14(12(7-2)8-3)13(9-4)10-5/h11,14H,6-10H2,1-5H3. The molecule has 0 aliphatic rings. The van der Waals surface area contributed by atoms with E-state index in [1.54, 1.807) is 0 Å². The van der Waals surface area contributed by atoms with E-state index in [4.69, 9.17) is 0 Å². The van der Waals surface area contributed by atoms with Crippen LogP contribution in [0.5, 0.6) is 0 Å². The van der Waals surface area contributed by atoms with Gasteiger partial charge in [-0.15, -0.1) is 0 Å². The van der Waals surface area contributed by atoms with Crippen LogP contribution in [0.1, 0.15) is 34.6 Å². The maximum atomic E-state index is 3.68. The van der Waals surface area contributed by atoms with Crippen molar-refractivity contribution >= 4 is 9.28 Å². The molecule has 0 saturated carbocycles. The first-order chi connectivity index (χ1) is 6.74. The van der Waals surface area contributed by atoms with Crippen molar-refractivity contribution in [3.8, 4) is 0 Å². The molecule has 0 aromatic carbocycles. The van der Waals surface area contributed by atoms with E-state index in [0.29, 0.717) is 0 Å². The summed E-state index contributed by atoms with van der Waals surface area (Å²) in [6, 6.07) is 0. The summed E-state index contributed by atoms with van der Waals surface area (Å²) in [5, 5.41) is 0. The summed E-state index contributed by atoms with van der Waals surface area (Å²) in [6.07, 6.45) is 0. The van der Waals surface area contributed by atoms with E-state index < -0.39 is 9.28 Å². The highest BCUT2D eigenvalue weighted by Gasteiger charge is 2.22. The molecule has 0 aromatic heterocycles. The molecule has 1 N–H and O–H groups in total. The first-order valence-electron chi connectivity index (χ1n) is 5.96. The lowest BCUT2D eigenvalue weighted by Gasteiger charge is -2.36. The Hall–Kier alpha value is 0.0969. The first kappa shape index (κ1) is 14.1. The second kappa shape index (κ2) is 8.41. The molecule has 0 radical (unpaired) electrons. The van der Waals surface area contributed by atoms with Crippen molar-refractivity contribution < 1.29 is 0 Å². The van der Waals surface area contributed by atoms with E-state index in [1.165, 1.54) is 0 Å². The van der Waals surface area contributed by atoms with Crippen LogP contribution in [0.25, 0.3) is 0 Å². The first-order valence-corrected chi connectivity index (χ1v) is 7.57. The molecule has 3 nitrogen and oxygen atoms in total. The van der Waals surface area contributed by atoms with Crippen LogP contribution in [-0.4, -0.2) is 51.1 Å². The molecular weight excluding hydrogens is 190 g/mol. The Labute approximate surface area is 91.3 Å². The monoisotopic (exact) mass is 217 g/mol. The summed E-state index contributed by atoms with van der Waals surface area (Å²) in [7, 11) is -1.05. The van der Waals surface area contributed by atoms with Crippen LogP contribution in [0.2, 0.25) is 0 Å². The lowest BCUT2D eigenvalue weighted by Crippen LogP contribution is -2.61. The minimum absolute atomic E-state index is 1.05. The Morgan fingerprint density at radius 1 is 0.786 bits per heavy atom. The van der Waals surface area contributed by atoms with E-state index >= 15 is 0 Å². The molecule has 0 aromatic rings. The van der Waals surface area contributed by atoms with Gasteiger partial charge in [0.25, 0.3) is 9.28 Å².